The van der Waals surface area contributed by atoms with Gasteiger partial charge in [-0.3, -0.25) is 9.59 Å². The van der Waals surface area contributed by atoms with Crippen LogP contribution in [0.4, 0.5) is 0 Å². The summed E-state index contributed by atoms with van der Waals surface area (Å²) >= 11 is 0. The molecule has 2 unspecified atom stereocenters. The first-order valence-corrected chi connectivity index (χ1v) is 11.8. The van der Waals surface area contributed by atoms with Gasteiger partial charge in [0.1, 0.15) is 17.7 Å². The number of para-hydroxylation sites is 1. The molecule has 0 bridgehead atoms. The minimum atomic E-state index is -0.383. The van der Waals surface area contributed by atoms with Crippen LogP contribution in [-0.4, -0.2) is 38.2 Å². The number of nitrogens with zero attached hydrogens (tertiary/aromatic N) is 3. The summed E-state index contributed by atoms with van der Waals surface area (Å²) in [6.45, 7) is 8.06. The second-order valence-electron chi connectivity index (χ2n) is 8.31. The number of benzene rings is 1. The molecule has 8 nitrogen and oxygen atoms in total. The Bertz CT molecular complexity index is 1120. The monoisotopic (exact) mass is 454 g/mol. The number of carbonyl (C=O) groups is 1. The topological polar surface area (TPSA) is 99.1 Å². The van der Waals surface area contributed by atoms with E-state index in [1.807, 2.05) is 42.7 Å². The van der Waals surface area contributed by atoms with Gasteiger partial charge in [-0.05, 0) is 31.9 Å². The molecule has 0 saturated heterocycles. The van der Waals surface area contributed by atoms with Crippen molar-refractivity contribution < 1.29 is 14.3 Å². The van der Waals surface area contributed by atoms with Crippen LogP contribution in [0.3, 0.4) is 0 Å². The lowest BCUT2D eigenvalue weighted by atomic mass is 10.0. The van der Waals surface area contributed by atoms with Crippen molar-refractivity contribution in [2.24, 2.45) is 0 Å². The van der Waals surface area contributed by atoms with Crippen molar-refractivity contribution in [3.8, 4) is 17.1 Å². The van der Waals surface area contributed by atoms with Crippen molar-refractivity contribution in [3.63, 3.8) is 0 Å². The highest BCUT2D eigenvalue weighted by molar-refractivity contribution is 5.74. The maximum absolute atomic E-state index is 12.9. The SMILES string of the molecule is CCCCCCC(C(C)OC(C)=O)n1cnc2c(=O)[nH]c(-c3ccccc3OCCC)nc21. The molecule has 1 N–H and O–H groups in total. The van der Waals surface area contributed by atoms with Gasteiger partial charge in [-0.25, -0.2) is 9.97 Å². The molecule has 178 valence electrons. The number of hydrogen-bond donors (Lipinski definition) is 1. The third-order valence-electron chi connectivity index (χ3n) is 5.64. The highest BCUT2D eigenvalue weighted by atomic mass is 16.5. The molecule has 0 amide bonds. The second kappa shape index (κ2) is 11.6. The fraction of sp³-hybridized carbons (Fsp3) is 0.520. The average Bonchev–Trinajstić information content (AvgIpc) is 3.21. The van der Waals surface area contributed by atoms with Gasteiger partial charge in [0, 0.05) is 6.92 Å². The molecule has 0 fully saturated rings. The third-order valence-corrected chi connectivity index (χ3v) is 5.64. The summed E-state index contributed by atoms with van der Waals surface area (Å²) in [5, 5.41) is 0. The number of esters is 1. The Morgan fingerprint density at radius 3 is 2.67 bits per heavy atom. The highest BCUT2D eigenvalue weighted by Gasteiger charge is 2.25. The van der Waals surface area contributed by atoms with E-state index < -0.39 is 0 Å². The molecule has 3 rings (SSSR count). The standard InChI is InChI=1S/C25H34N4O4/c1-5-7-8-9-13-20(17(3)33-18(4)30)29-16-26-22-24(29)27-23(28-25(22)31)19-12-10-11-14-21(19)32-15-6-2/h10-12,14,16-17,20H,5-9,13,15H2,1-4H3,(H,27,28,31). The van der Waals surface area contributed by atoms with Crippen LogP contribution in [0.2, 0.25) is 0 Å². The van der Waals surface area contributed by atoms with Crippen molar-refractivity contribution in [1.29, 1.82) is 0 Å². The van der Waals surface area contributed by atoms with E-state index in [2.05, 4.69) is 16.9 Å². The van der Waals surface area contributed by atoms with E-state index in [9.17, 15) is 9.59 Å². The van der Waals surface area contributed by atoms with Gasteiger partial charge in [0.15, 0.2) is 11.2 Å². The van der Waals surface area contributed by atoms with Crippen LogP contribution in [0.25, 0.3) is 22.6 Å². The molecule has 2 heterocycles. The number of carbonyl (C=O) groups excluding carboxylic acids is 1. The molecule has 0 spiro atoms. The summed E-state index contributed by atoms with van der Waals surface area (Å²) in [5.41, 5.74) is 1.13. The predicted octanol–water partition coefficient (Wildman–Crippen LogP) is 5.04. The Balaban J connectivity index is 2.05. The number of fused-ring (bicyclic) bond motifs is 1. The largest absolute Gasteiger partial charge is 0.493 e. The van der Waals surface area contributed by atoms with Crippen LogP contribution < -0.4 is 10.3 Å². The fourth-order valence-electron chi connectivity index (χ4n) is 4.02. The molecule has 2 aromatic heterocycles. The van der Waals surface area contributed by atoms with Crippen LogP contribution in [0.5, 0.6) is 5.75 Å². The van der Waals surface area contributed by atoms with Crippen LogP contribution in [0, 0.1) is 0 Å². The maximum Gasteiger partial charge on any atom is 0.302 e. The lowest BCUT2D eigenvalue weighted by Gasteiger charge is -2.25. The van der Waals surface area contributed by atoms with Crippen LogP contribution in [-0.2, 0) is 9.53 Å². The Hall–Kier alpha value is -3.16. The van der Waals surface area contributed by atoms with Crippen molar-refractivity contribution in [2.75, 3.05) is 6.61 Å². The summed E-state index contributed by atoms with van der Waals surface area (Å²) in [6, 6.07) is 7.34. The van der Waals surface area contributed by atoms with E-state index >= 15 is 0 Å². The molecular formula is C25H34N4O4. The first-order chi connectivity index (χ1) is 16.0. The van der Waals surface area contributed by atoms with Gasteiger partial charge in [0.25, 0.3) is 5.56 Å². The summed E-state index contributed by atoms with van der Waals surface area (Å²) in [4.78, 5) is 36.5. The number of aromatic amines is 1. The van der Waals surface area contributed by atoms with Crippen molar-refractivity contribution in [3.05, 3.63) is 40.9 Å². The minimum Gasteiger partial charge on any atom is -0.493 e. The Labute approximate surface area is 194 Å². The zero-order valence-electron chi connectivity index (χ0n) is 20.0. The molecule has 0 aliphatic carbocycles. The molecule has 0 saturated carbocycles. The van der Waals surface area contributed by atoms with E-state index in [0.29, 0.717) is 29.4 Å². The van der Waals surface area contributed by atoms with Gasteiger partial charge in [0.2, 0.25) is 0 Å². The molecule has 0 aliphatic rings. The second-order valence-corrected chi connectivity index (χ2v) is 8.31. The van der Waals surface area contributed by atoms with Gasteiger partial charge < -0.3 is 19.0 Å². The Kier molecular flexibility index (Phi) is 8.63. The van der Waals surface area contributed by atoms with Gasteiger partial charge >= 0.3 is 5.97 Å². The average molecular weight is 455 g/mol. The number of rotatable bonds is 12. The van der Waals surface area contributed by atoms with Gasteiger partial charge in [-0.1, -0.05) is 51.7 Å². The quantitative estimate of drug-likeness (QED) is 0.304. The summed E-state index contributed by atoms with van der Waals surface area (Å²) in [5.74, 6) is 0.752. The zero-order valence-corrected chi connectivity index (χ0v) is 20.0. The van der Waals surface area contributed by atoms with E-state index in [-0.39, 0.29) is 29.2 Å². The van der Waals surface area contributed by atoms with E-state index in [0.717, 1.165) is 38.5 Å². The minimum absolute atomic E-state index is 0.176. The zero-order chi connectivity index (χ0) is 23.8. The predicted molar refractivity (Wildman–Crippen MR) is 128 cm³/mol. The van der Waals surface area contributed by atoms with Gasteiger partial charge in [-0.15, -0.1) is 0 Å². The number of H-pyrrole nitrogens is 1. The van der Waals surface area contributed by atoms with Gasteiger partial charge in [-0.2, -0.15) is 0 Å². The van der Waals surface area contributed by atoms with Crippen molar-refractivity contribution >= 4 is 17.1 Å². The van der Waals surface area contributed by atoms with E-state index in [4.69, 9.17) is 14.5 Å². The van der Waals surface area contributed by atoms with E-state index in [1.165, 1.54) is 6.92 Å². The summed E-state index contributed by atoms with van der Waals surface area (Å²) < 4.78 is 13.3. The summed E-state index contributed by atoms with van der Waals surface area (Å²) in [6.07, 6.45) is 7.26. The molecule has 0 radical (unpaired) electrons. The van der Waals surface area contributed by atoms with Crippen molar-refractivity contribution in [1.82, 2.24) is 19.5 Å². The first kappa shape index (κ1) is 24.5. The number of hydrogen-bond acceptors (Lipinski definition) is 6. The number of imidazole rings is 1. The molecule has 2 atom stereocenters. The maximum atomic E-state index is 12.9. The Morgan fingerprint density at radius 2 is 1.94 bits per heavy atom. The fourth-order valence-corrected chi connectivity index (χ4v) is 4.02. The molecule has 33 heavy (non-hydrogen) atoms. The number of nitrogens with one attached hydrogen (secondary N) is 1. The van der Waals surface area contributed by atoms with Crippen LogP contribution in [0.1, 0.15) is 72.3 Å². The van der Waals surface area contributed by atoms with Gasteiger partial charge in [0.05, 0.1) is 24.5 Å². The van der Waals surface area contributed by atoms with E-state index in [1.54, 1.807) is 6.33 Å². The highest BCUT2D eigenvalue weighted by Crippen LogP contribution is 2.29. The number of unbranched alkanes of at least 4 members (excludes halogenated alkanes) is 3. The molecule has 0 aliphatic heterocycles. The molecular weight excluding hydrogens is 420 g/mol. The lowest BCUT2D eigenvalue weighted by molar-refractivity contribution is -0.147. The Morgan fingerprint density at radius 1 is 1.15 bits per heavy atom. The molecule has 8 heteroatoms. The lowest BCUT2D eigenvalue weighted by Crippen LogP contribution is -2.26. The van der Waals surface area contributed by atoms with Crippen LogP contribution in [0.15, 0.2) is 35.4 Å². The first-order valence-electron chi connectivity index (χ1n) is 11.8. The molecule has 3 aromatic rings. The molecule has 1 aromatic carbocycles. The van der Waals surface area contributed by atoms with Crippen LogP contribution >= 0.6 is 0 Å². The third kappa shape index (κ3) is 6.00. The number of aromatic nitrogens is 4. The summed E-state index contributed by atoms with van der Waals surface area (Å²) in [7, 11) is 0. The van der Waals surface area contributed by atoms with Crippen molar-refractivity contribution in [2.45, 2.75) is 78.4 Å². The number of ether oxygens (including phenoxy) is 2. The smallest absolute Gasteiger partial charge is 0.302 e. The normalized spacial score (nSPS) is 13.1.